The van der Waals surface area contributed by atoms with E-state index in [9.17, 15) is 5.11 Å². The van der Waals surface area contributed by atoms with E-state index in [1.165, 1.54) is 0 Å². The fourth-order valence-corrected chi connectivity index (χ4v) is 2.16. The van der Waals surface area contributed by atoms with Crippen molar-refractivity contribution >= 4 is 28.3 Å². The highest BCUT2D eigenvalue weighted by molar-refractivity contribution is 14.1. The van der Waals surface area contributed by atoms with Crippen molar-refractivity contribution in [3.63, 3.8) is 0 Å². The zero-order valence-electron chi connectivity index (χ0n) is 11.8. The molecular weight excluding hydrogens is 381 g/mol. The Morgan fingerprint density at radius 3 is 2.57 bits per heavy atom. The molecular formula is C16H18INO3. The average molecular weight is 399 g/mol. The number of rotatable bonds is 7. The molecule has 112 valence electrons. The van der Waals surface area contributed by atoms with Crippen LogP contribution >= 0.6 is 22.6 Å². The fraction of sp³-hybridized carbons (Fsp3) is 0.250. The second kappa shape index (κ2) is 8.09. The minimum absolute atomic E-state index is 0.239. The molecule has 0 fully saturated rings. The molecule has 0 aliphatic heterocycles. The molecule has 0 amide bonds. The number of aliphatic hydroxyl groups excluding tert-OH is 1. The number of halogens is 1. The van der Waals surface area contributed by atoms with Crippen LogP contribution < -0.4 is 14.8 Å². The lowest BCUT2D eigenvalue weighted by molar-refractivity contribution is 0.117. The maximum absolute atomic E-state index is 9.96. The van der Waals surface area contributed by atoms with Crippen LogP contribution in [0.1, 0.15) is 0 Å². The minimum atomic E-state index is -0.603. The van der Waals surface area contributed by atoms with Crippen molar-refractivity contribution in [1.82, 2.24) is 0 Å². The number of methoxy groups -OCH3 is 1. The van der Waals surface area contributed by atoms with Crippen LogP contribution in [0.25, 0.3) is 0 Å². The summed E-state index contributed by atoms with van der Waals surface area (Å²) in [6, 6.07) is 15.3. The van der Waals surface area contributed by atoms with E-state index in [1.54, 1.807) is 7.11 Å². The summed E-state index contributed by atoms with van der Waals surface area (Å²) in [5.74, 6) is 1.51. The van der Waals surface area contributed by atoms with Crippen LogP contribution in [0.5, 0.6) is 11.5 Å². The third kappa shape index (κ3) is 5.09. The molecule has 2 aromatic carbocycles. The van der Waals surface area contributed by atoms with E-state index >= 15 is 0 Å². The number of ether oxygens (including phenoxy) is 2. The predicted molar refractivity (Wildman–Crippen MR) is 92.1 cm³/mol. The molecule has 2 N–H and O–H groups in total. The molecule has 2 rings (SSSR count). The summed E-state index contributed by atoms with van der Waals surface area (Å²) >= 11 is 2.24. The smallest absolute Gasteiger partial charge is 0.141 e. The predicted octanol–water partition coefficient (Wildman–Crippen LogP) is 3.15. The third-order valence-corrected chi connectivity index (χ3v) is 3.61. The van der Waals surface area contributed by atoms with Gasteiger partial charge in [0.2, 0.25) is 0 Å². The van der Waals surface area contributed by atoms with Crippen LogP contribution in [0.4, 0.5) is 5.69 Å². The molecule has 4 nitrogen and oxygen atoms in total. The van der Waals surface area contributed by atoms with Crippen molar-refractivity contribution in [2.75, 3.05) is 25.6 Å². The Morgan fingerprint density at radius 1 is 1.14 bits per heavy atom. The molecule has 0 radical (unpaired) electrons. The maximum Gasteiger partial charge on any atom is 0.141 e. The second-order valence-electron chi connectivity index (χ2n) is 4.50. The first-order valence-corrected chi connectivity index (χ1v) is 7.70. The Morgan fingerprint density at radius 2 is 1.86 bits per heavy atom. The summed E-state index contributed by atoms with van der Waals surface area (Å²) in [5.41, 5.74) is 0.855. The molecule has 0 saturated carbocycles. The lowest BCUT2D eigenvalue weighted by Crippen LogP contribution is -2.26. The van der Waals surface area contributed by atoms with Gasteiger partial charge >= 0.3 is 0 Å². The number of nitrogens with one attached hydrogen (secondary N) is 1. The minimum Gasteiger partial charge on any atom is -0.495 e. The van der Waals surface area contributed by atoms with Crippen LogP contribution in [0.2, 0.25) is 0 Å². The van der Waals surface area contributed by atoms with Crippen molar-refractivity contribution in [3.8, 4) is 11.5 Å². The SMILES string of the molecule is COc1ccccc1NCC(O)COc1ccc(I)cc1. The van der Waals surface area contributed by atoms with E-state index in [-0.39, 0.29) is 6.61 Å². The van der Waals surface area contributed by atoms with Gasteiger partial charge in [0.25, 0.3) is 0 Å². The summed E-state index contributed by atoms with van der Waals surface area (Å²) < 4.78 is 11.9. The third-order valence-electron chi connectivity index (χ3n) is 2.89. The highest BCUT2D eigenvalue weighted by atomic mass is 127. The maximum atomic E-state index is 9.96. The van der Waals surface area contributed by atoms with Gasteiger partial charge in [-0.2, -0.15) is 0 Å². The molecule has 0 bridgehead atoms. The largest absolute Gasteiger partial charge is 0.495 e. The van der Waals surface area contributed by atoms with Gasteiger partial charge in [-0.25, -0.2) is 0 Å². The number of hydrogen-bond acceptors (Lipinski definition) is 4. The van der Waals surface area contributed by atoms with Crippen molar-refractivity contribution in [2.24, 2.45) is 0 Å². The van der Waals surface area contributed by atoms with Crippen LogP contribution in [0.3, 0.4) is 0 Å². The van der Waals surface area contributed by atoms with E-state index in [4.69, 9.17) is 9.47 Å². The number of aliphatic hydroxyl groups is 1. The van der Waals surface area contributed by atoms with Gasteiger partial charge in [0, 0.05) is 10.1 Å². The monoisotopic (exact) mass is 399 g/mol. The first-order valence-electron chi connectivity index (χ1n) is 6.62. The van der Waals surface area contributed by atoms with Gasteiger partial charge in [-0.1, -0.05) is 12.1 Å². The van der Waals surface area contributed by atoms with Crippen molar-refractivity contribution in [3.05, 3.63) is 52.1 Å². The number of benzene rings is 2. The molecule has 0 aliphatic rings. The lowest BCUT2D eigenvalue weighted by atomic mass is 10.2. The highest BCUT2D eigenvalue weighted by Gasteiger charge is 2.07. The zero-order valence-corrected chi connectivity index (χ0v) is 13.9. The molecule has 0 spiro atoms. The quantitative estimate of drug-likeness (QED) is 0.703. The molecule has 21 heavy (non-hydrogen) atoms. The van der Waals surface area contributed by atoms with Gasteiger partial charge in [-0.15, -0.1) is 0 Å². The number of para-hydroxylation sites is 2. The van der Waals surface area contributed by atoms with E-state index in [0.29, 0.717) is 6.54 Å². The van der Waals surface area contributed by atoms with Gasteiger partial charge in [-0.3, -0.25) is 0 Å². The van der Waals surface area contributed by atoms with Gasteiger partial charge in [0.1, 0.15) is 24.2 Å². The van der Waals surface area contributed by atoms with Gasteiger partial charge in [0.15, 0.2) is 0 Å². The number of anilines is 1. The Kier molecular flexibility index (Phi) is 6.13. The fourth-order valence-electron chi connectivity index (χ4n) is 1.80. The van der Waals surface area contributed by atoms with Crippen LogP contribution in [-0.4, -0.2) is 31.5 Å². The zero-order chi connectivity index (χ0) is 15.1. The first kappa shape index (κ1) is 15.9. The van der Waals surface area contributed by atoms with Crippen molar-refractivity contribution < 1.29 is 14.6 Å². The molecule has 0 aliphatic carbocycles. The summed E-state index contributed by atoms with van der Waals surface area (Å²) in [7, 11) is 1.62. The normalized spacial score (nSPS) is 11.8. The summed E-state index contributed by atoms with van der Waals surface area (Å²) in [6.07, 6.45) is -0.603. The molecule has 0 saturated heterocycles. The van der Waals surface area contributed by atoms with Crippen LogP contribution in [0.15, 0.2) is 48.5 Å². The molecule has 0 heterocycles. The van der Waals surface area contributed by atoms with Crippen LogP contribution in [0, 0.1) is 3.57 Å². The van der Waals surface area contributed by atoms with E-state index in [2.05, 4.69) is 27.9 Å². The molecule has 1 atom stereocenters. The standard InChI is InChI=1S/C16H18INO3/c1-20-16-5-3-2-4-15(16)18-10-13(19)11-21-14-8-6-12(17)7-9-14/h2-9,13,18-19H,10-11H2,1H3. The van der Waals surface area contributed by atoms with E-state index < -0.39 is 6.10 Å². The molecule has 5 heteroatoms. The Bertz CT molecular complexity index is 560. The summed E-state index contributed by atoms with van der Waals surface area (Å²) in [4.78, 5) is 0. The summed E-state index contributed by atoms with van der Waals surface area (Å²) in [6.45, 7) is 0.632. The first-order chi connectivity index (χ1) is 10.2. The van der Waals surface area contributed by atoms with Gasteiger partial charge in [-0.05, 0) is 59.0 Å². The van der Waals surface area contributed by atoms with Crippen molar-refractivity contribution in [1.29, 1.82) is 0 Å². The Hall–Kier alpha value is -1.47. The van der Waals surface area contributed by atoms with Gasteiger partial charge in [0.05, 0.1) is 12.8 Å². The Balaban J connectivity index is 1.79. The highest BCUT2D eigenvalue weighted by Crippen LogP contribution is 2.22. The second-order valence-corrected chi connectivity index (χ2v) is 5.75. The molecule has 2 aromatic rings. The molecule has 1 unspecified atom stereocenters. The Labute approximate surface area is 138 Å². The average Bonchev–Trinajstić information content (AvgIpc) is 2.52. The lowest BCUT2D eigenvalue weighted by Gasteiger charge is -2.15. The molecule has 0 aromatic heterocycles. The number of hydrogen-bond donors (Lipinski definition) is 2. The van der Waals surface area contributed by atoms with Crippen molar-refractivity contribution in [2.45, 2.75) is 6.10 Å². The summed E-state index contributed by atoms with van der Waals surface area (Å²) in [5, 5.41) is 13.1. The van der Waals surface area contributed by atoms with E-state index in [0.717, 1.165) is 20.8 Å². The van der Waals surface area contributed by atoms with E-state index in [1.807, 2.05) is 48.5 Å². The topological polar surface area (TPSA) is 50.7 Å². The van der Waals surface area contributed by atoms with Gasteiger partial charge < -0.3 is 19.9 Å². The van der Waals surface area contributed by atoms with Crippen LogP contribution in [-0.2, 0) is 0 Å².